The number of guanidine groups is 1. The average Bonchev–Trinajstić information content (AvgIpc) is 2.86. The highest BCUT2D eigenvalue weighted by atomic mass is 16.5. The lowest BCUT2D eigenvalue weighted by molar-refractivity contribution is -0.130. The maximum atomic E-state index is 13.3. The maximum absolute atomic E-state index is 13.3. The van der Waals surface area contributed by atoms with Crippen LogP contribution >= 0.6 is 0 Å². The number of hydrogen-bond acceptors (Lipinski definition) is 6. The first-order valence-electron chi connectivity index (χ1n) is 12.2. The molecule has 0 fully saturated rings. The van der Waals surface area contributed by atoms with Crippen molar-refractivity contribution in [2.45, 2.75) is 50.2 Å². The van der Waals surface area contributed by atoms with E-state index in [2.05, 4.69) is 28.5 Å². The Bertz CT molecular complexity index is 1250. The van der Waals surface area contributed by atoms with Crippen molar-refractivity contribution in [3.8, 4) is 11.5 Å². The van der Waals surface area contributed by atoms with E-state index in [0.717, 1.165) is 35.3 Å². The van der Waals surface area contributed by atoms with Crippen LogP contribution in [0.3, 0.4) is 0 Å². The van der Waals surface area contributed by atoms with E-state index in [9.17, 15) is 9.59 Å². The van der Waals surface area contributed by atoms with E-state index in [4.69, 9.17) is 15.2 Å². The van der Waals surface area contributed by atoms with Crippen LogP contribution in [0.2, 0.25) is 0 Å². The minimum Gasteiger partial charge on any atom is -0.493 e. The fourth-order valence-electron chi connectivity index (χ4n) is 5.42. The molecule has 0 saturated heterocycles. The van der Waals surface area contributed by atoms with Crippen LogP contribution in [0.5, 0.6) is 11.5 Å². The lowest BCUT2D eigenvalue weighted by Gasteiger charge is -2.38. The van der Waals surface area contributed by atoms with Crippen LogP contribution in [-0.2, 0) is 4.79 Å². The normalized spacial score (nSPS) is 26.5. The number of nitrogens with two attached hydrogens (primary N) is 1. The molecule has 7 rings (SSSR count). The molecule has 2 aromatic rings. The molecule has 5 aliphatic heterocycles. The molecule has 35 heavy (non-hydrogen) atoms. The molecular formula is C27H28N4O4. The monoisotopic (exact) mass is 472 g/mol. The van der Waals surface area contributed by atoms with Crippen LogP contribution in [-0.4, -0.2) is 41.9 Å². The van der Waals surface area contributed by atoms with Crippen LogP contribution in [0.25, 0.3) is 6.08 Å². The van der Waals surface area contributed by atoms with E-state index in [0.29, 0.717) is 43.8 Å². The summed E-state index contributed by atoms with van der Waals surface area (Å²) in [5.41, 5.74) is 9.66. The number of rotatable bonds is 0. The van der Waals surface area contributed by atoms with Gasteiger partial charge in [0.05, 0.1) is 31.3 Å². The second-order valence-corrected chi connectivity index (χ2v) is 9.45. The van der Waals surface area contributed by atoms with Crippen molar-refractivity contribution in [2.24, 2.45) is 10.7 Å². The molecule has 3 atom stereocenters. The summed E-state index contributed by atoms with van der Waals surface area (Å²) in [7, 11) is 0. The van der Waals surface area contributed by atoms with Gasteiger partial charge in [-0.2, -0.15) is 0 Å². The minimum absolute atomic E-state index is 0.0391. The molecule has 2 aromatic carbocycles. The van der Waals surface area contributed by atoms with Crippen LogP contribution in [0.4, 0.5) is 0 Å². The lowest BCUT2D eigenvalue weighted by Crippen LogP contribution is -2.50. The Morgan fingerprint density at radius 1 is 0.971 bits per heavy atom. The predicted octanol–water partition coefficient (Wildman–Crippen LogP) is 3.49. The standard InChI is InChI=1S/C27H28N4O4/c28-27-29-18-4-2-1-3-16-5-7-23-19(13-16)21(9-11-34-23)30-26(33)17-6-8-24-20(14-17)22(10-12-35-24)31(27)25(32)15-18/h1,3,5-8,13-14,18,21-22H,2,4,9-12,15H2,(H2,28,29)(H,30,33)/b3-1+/t18?,21?,22-/m1/s1. The fourth-order valence-corrected chi connectivity index (χ4v) is 5.42. The molecule has 8 nitrogen and oxygen atoms in total. The third-order valence-electron chi connectivity index (χ3n) is 7.19. The number of amides is 2. The first-order valence-corrected chi connectivity index (χ1v) is 12.2. The van der Waals surface area contributed by atoms with Gasteiger partial charge >= 0.3 is 0 Å². The van der Waals surface area contributed by atoms with Gasteiger partial charge in [0.1, 0.15) is 11.5 Å². The van der Waals surface area contributed by atoms with Crippen LogP contribution < -0.4 is 20.5 Å². The molecule has 6 bridgehead atoms. The van der Waals surface area contributed by atoms with E-state index in [-0.39, 0.29) is 35.9 Å². The van der Waals surface area contributed by atoms with Crippen LogP contribution in [0.15, 0.2) is 47.5 Å². The molecule has 0 saturated carbocycles. The minimum atomic E-state index is -0.311. The van der Waals surface area contributed by atoms with E-state index < -0.39 is 0 Å². The molecule has 2 amide bonds. The Balaban J connectivity index is 1.43. The number of allylic oxidation sites excluding steroid dienone is 1. The predicted molar refractivity (Wildman–Crippen MR) is 131 cm³/mol. The molecule has 0 aromatic heterocycles. The molecule has 5 aliphatic rings. The highest BCUT2D eigenvalue weighted by Gasteiger charge is 2.37. The molecule has 180 valence electrons. The summed E-state index contributed by atoms with van der Waals surface area (Å²) in [4.78, 5) is 32.8. The van der Waals surface area contributed by atoms with Gasteiger partial charge in [0.2, 0.25) is 5.91 Å². The second-order valence-electron chi connectivity index (χ2n) is 9.45. The largest absolute Gasteiger partial charge is 0.493 e. The van der Waals surface area contributed by atoms with Crippen LogP contribution in [0, 0.1) is 0 Å². The summed E-state index contributed by atoms with van der Waals surface area (Å²) in [6, 6.07) is 10.8. The summed E-state index contributed by atoms with van der Waals surface area (Å²) >= 11 is 0. The highest BCUT2D eigenvalue weighted by molar-refractivity contribution is 5.99. The molecular weight excluding hydrogens is 444 g/mol. The Hall–Kier alpha value is -3.81. The first kappa shape index (κ1) is 21.7. The Labute approximate surface area is 203 Å². The van der Waals surface area contributed by atoms with E-state index in [1.54, 1.807) is 17.0 Å². The molecule has 5 heterocycles. The van der Waals surface area contributed by atoms with Gasteiger partial charge in [-0.15, -0.1) is 0 Å². The smallest absolute Gasteiger partial charge is 0.251 e. The van der Waals surface area contributed by atoms with Gasteiger partial charge in [-0.05, 0) is 48.7 Å². The molecule has 0 spiro atoms. The van der Waals surface area contributed by atoms with Gasteiger partial charge in [0, 0.05) is 36.0 Å². The molecule has 8 heteroatoms. The van der Waals surface area contributed by atoms with Gasteiger partial charge in [0.25, 0.3) is 5.91 Å². The number of carbonyl (C=O) groups excluding carboxylic acids is 2. The summed E-state index contributed by atoms with van der Waals surface area (Å²) in [6.45, 7) is 1.01. The number of benzene rings is 2. The van der Waals surface area contributed by atoms with Crippen LogP contribution in [0.1, 0.15) is 71.2 Å². The number of ether oxygens (including phenoxy) is 2. The topological polar surface area (TPSA) is 106 Å². The number of carbonyl (C=O) groups is 2. The zero-order chi connectivity index (χ0) is 23.9. The number of aliphatic imine (C=N–C) groups is 1. The van der Waals surface area contributed by atoms with Crippen molar-refractivity contribution >= 4 is 23.8 Å². The molecule has 0 aliphatic carbocycles. The van der Waals surface area contributed by atoms with E-state index in [1.807, 2.05) is 18.2 Å². The summed E-state index contributed by atoms with van der Waals surface area (Å²) < 4.78 is 11.7. The van der Waals surface area contributed by atoms with Gasteiger partial charge in [-0.3, -0.25) is 14.5 Å². The second kappa shape index (κ2) is 8.76. The number of nitrogens with zero attached hydrogens (tertiary/aromatic N) is 2. The Morgan fingerprint density at radius 2 is 1.77 bits per heavy atom. The van der Waals surface area contributed by atoms with Crippen molar-refractivity contribution in [1.82, 2.24) is 10.2 Å². The molecule has 2 unspecified atom stereocenters. The zero-order valence-electron chi connectivity index (χ0n) is 19.4. The highest BCUT2D eigenvalue weighted by Crippen LogP contribution is 2.39. The fraction of sp³-hybridized carbons (Fsp3) is 0.370. The molecule has 3 N–H and O–H groups in total. The lowest BCUT2D eigenvalue weighted by atomic mass is 9.94. The Morgan fingerprint density at radius 3 is 2.63 bits per heavy atom. The summed E-state index contributed by atoms with van der Waals surface area (Å²) in [6.07, 6.45) is 7.29. The third-order valence-corrected chi connectivity index (χ3v) is 7.19. The van der Waals surface area contributed by atoms with Crippen molar-refractivity contribution in [1.29, 1.82) is 0 Å². The summed E-state index contributed by atoms with van der Waals surface area (Å²) in [5.74, 6) is 1.50. The van der Waals surface area contributed by atoms with Crippen molar-refractivity contribution in [2.75, 3.05) is 13.2 Å². The van der Waals surface area contributed by atoms with Gasteiger partial charge in [-0.1, -0.05) is 18.2 Å². The first-order chi connectivity index (χ1) is 17.1. The van der Waals surface area contributed by atoms with Crippen molar-refractivity contribution in [3.05, 3.63) is 64.7 Å². The van der Waals surface area contributed by atoms with Crippen molar-refractivity contribution < 1.29 is 19.1 Å². The van der Waals surface area contributed by atoms with Gasteiger partial charge in [-0.25, -0.2) is 4.99 Å². The number of nitrogens with one attached hydrogen (secondary N) is 1. The number of fused-ring (bicyclic) bond motifs is 4. The Kier molecular flexibility index (Phi) is 5.43. The average molecular weight is 473 g/mol. The SMILES string of the molecule is NC1=NC2CC/C=C/c3ccc4c(c3)C(CCO4)NC(=O)c3ccc4c(c3)[C@@H](CCO4)N1C(=O)C2. The maximum Gasteiger partial charge on any atom is 0.251 e. The molecule has 0 radical (unpaired) electrons. The van der Waals surface area contributed by atoms with Gasteiger partial charge in [0.15, 0.2) is 5.96 Å². The van der Waals surface area contributed by atoms with Crippen molar-refractivity contribution in [3.63, 3.8) is 0 Å². The zero-order valence-corrected chi connectivity index (χ0v) is 19.4. The van der Waals surface area contributed by atoms with E-state index >= 15 is 0 Å². The van der Waals surface area contributed by atoms with Gasteiger partial charge < -0.3 is 20.5 Å². The summed E-state index contributed by atoms with van der Waals surface area (Å²) in [5, 5.41) is 3.19. The number of hydrogen-bond donors (Lipinski definition) is 2. The quantitative estimate of drug-likeness (QED) is 0.611. The third kappa shape index (κ3) is 4.03. The van der Waals surface area contributed by atoms with E-state index in [1.165, 1.54) is 0 Å².